The summed E-state index contributed by atoms with van der Waals surface area (Å²) in [5.74, 6) is 1.83. The van der Waals surface area contributed by atoms with E-state index in [0.29, 0.717) is 13.2 Å². The van der Waals surface area contributed by atoms with Crippen LogP contribution < -0.4 is 9.47 Å². The average Bonchev–Trinajstić information content (AvgIpc) is 3.18. The predicted octanol–water partition coefficient (Wildman–Crippen LogP) is 3.67. The molecule has 0 amide bonds. The van der Waals surface area contributed by atoms with Crippen molar-refractivity contribution in [2.75, 3.05) is 13.2 Å². The minimum absolute atomic E-state index is 0.261. The normalized spacial score (nSPS) is 18.6. The lowest BCUT2D eigenvalue weighted by Gasteiger charge is -2.27. The minimum atomic E-state index is -0.421. The Morgan fingerprint density at radius 2 is 2.05 bits per heavy atom. The second-order valence-corrected chi connectivity index (χ2v) is 6.41. The van der Waals surface area contributed by atoms with Crippen LogP contribution in [0.15, 0.2) is 15.5 Å². The van der Waals surface area contributed by atoms with Gasteiger partial charge in [-0.2, -0.15) is 4.99 Å². The molecule has 1 saturated carbocycles. The Morgan fingerprint density at radius 3 is 2.65 bits per heavy atom. The van der Waals surface area contributed by atoms with E-state index in [1.807, 2.05) is 6.07 Å². The van der Waals surface area contributed by atoms with Crippen molar-refractivity contribution >= 4 is 22.0 Å². The maximum Gasteiger partial charge on any atom is 0.235 e. The number of carbonyl (C=O) groups excluding carboxylic acids is 1. The number of hydrogen-bond donors (Lipinski definition) is 0. The highest BCUT2D eigenvalue weighted by Crippen LogP contribution is 2.57. The second-order valence-electron chi connectivity index (χ2n) is 5.56. The molecule has 0 bridgehead atoms. The minimum Gasteiger partial charge on any atom is -0.486 e. The van der Waals surface area contributed by atoms with E-state index in [4.69, 9.17) is 9.47 Å². The number of nitrogens with zero attached hydrogens (tertiary/aromatic N) is 1. The molecule has 4 nitrogen and oxygen atoms in total. The first kappa shape index (κ1) is 13.7. The van der Waals surface area contributed by atoms with Crippen molar-refractivity contribution in [1.82, 2.24) is 0 Å². The number of hydrogen-bond acceptors (Lipinski definition) is 4. The van der Waals surface area contributed by atoms with Crippen molar-refractivity contribution in [3.05, 3.63) is 21.7 Å². The third kappa shape index (κ3) is 2.05. The van der Waals surface area contributed by atoms with E-state index in [0.717, 1.165) is 39.9 Å². The van der Waals surface area contributed by atoms with Crippen molar-refractivity contribution < 1.29 is 14.3 Å². The van der Waals surface area contributed by atoms with Gasteiger partial charge in [0.2, 0.25) is 6.08 Å². The number of ether oxygens (including phenoxy) is 2. The molecule has 0 atom stereocenters. The van der Waals surface area contributed by atoms with Crippen LogP contribution in [0.2, 0.25) is 0 Å². The zero-order chi connectivity index (χ0) is 14.3. The van der Waals surface area contributed by atoms with Crippen LogP contribution in [0.1, 0.15) is 43.7 Å². The summed E-state index contributed by atoms with van der Waals surface area (Å²) in [6.07, 6.45) is 3.47. The third-order valence-corrected chi connectivity index (χ3v) is 4.47. The van der Waals surface area contributed by atoms with Gasteiger partial charge in [0, 0.05) is 15.6 Å². The first-order valence-electron chi connectivity index (χ1n) is 6.80. The van der Waals surface area contributed by atoms with E-state index < -0.39 is 5.54 Å². The van der Waals surface area contributed by atoms with Crippen LogP contribution in [-0.2, 0) is 10.3 Å². The van der Waals surface area contributed by atoms with Crippen LogP contribution in [0, 0.1) is 0 Å². The molecule has 1 aliphatic heterocycles. The molecular formula is C15H16BrNO3. The van der Waals surface area contributed by atoms with Crippen LogP contribution in [0.5, 0.6) is 11.5 Å². The van der Waals surface area contributed by atoms with E-state index >= 15 is 0 Å². The molecule has 0 N–H and O–H groups in total. The molecule has 20 heavy (non-hydrogen) atoms. The smallest absolute Gasteiger partial charge is 0.235 e. The molecule has 3 rings (SSSR count). The molecule has 0 radical (unpaired) electrons. The van der Waals surface area contributed by atoms with Gasteiger partial charge < -0.3 is 9.47 Å². The van der Waals surface area contributed by atoms with E-state index in [1.165, 1.54) is 0 Å². The van der Waals surface area contributed by atoms with Crippen molar-refractivity contribution in [3.63, 3.8) is 0 Å². The summed E-state index contributed by atoms with van der Waals surface area (Å²) in [7, 11) is 0. The van der Waals surface area contributed by atoms with E-state index in [1.54, 1.807) is 6.08 Å². The highest BCUT2D eigenvalue weighted by atomic mass is 79.9. The summed E-state index contributed by atoms with van der Waals surface area (Å²) >= 11 is 3.61. The van der Waals surface area contributed by atoms with Crippen molar-refractivity contribution in [1.29, 1.82) is 0 Å². The topological polar surface area (TPSA) is 47.9 Å². The second kappa shape index (κ2) is 4.90. The number of benzene rings is 1. The highest BCUT2D eigenvalue weighted by molar-refractivity contribution is 9.10. The molecule has 1 heterocycles. The lowest BCUT2D eigenvalue weighted by atomic mass is 9.90. The van der Waals surface area contributed by atoms with Gasteiger partial charge in [0.25, 0.3) is 0 Å². The van der Waals surface area contributed by atoms with Crippen LogP contribution >= 0.6 is 15.9 Å². The Bertz CT molecular complexity index is 602. The summed E-state index contributed by atoms with van der Waals surface area (Å²) in [5, 5.41) is 0. The number of aliphatic imine (C=N–C) groups is 1. The lowest BCUT2D eigenvalue weighted by molar-refractivity contribution is 0.169. The van der Waals surface area contributed by atoms with E-state index in [9.17, 15) is 4.79 Å². The van der Waals surface area contributed by atoms with Crippen LogP contribution in [-0.4, -0.2) is 19.3 Å². The molecule has 1 aromatic carbocycles. The lowest BCUT2D eigenvalue weighted by Crippen LogP contribution is -2.20. The molecule has 1 aromatic rings. The number of rotatable bonds is 3. The van der Waals surface area contributed by atoms with Gasteiger partial charge in [0.1, 0.15) is 13.2 Å². The van der Waals surface area contributed by atoms with Gasteiger partial charge in [-0.05, 0) is 24.8 Å². The molecular weight excluding hydrogens is 322 g/mol. The first-order valence-corrected chi connectivity index (χ1v) is 7.60. The SMILES string of the molecule is CC(C)c1c2c(cc(Br)c1C1(N=C=O)CC1)OCCO2. The molecule has 0 unspecified atom stereocenters. The monoisotopic (exact) mass is 337 g/mol. The van der Waals surface area contributed by atoms with Crippen LogP contribution in [0.25, 0.3) is 0 Å². The number of isocyanates is 1. The third-order valence-electron chi connectivity index (χ3n) is 3.85. The molecule has 0 spiro atoms. The van der Waals surface area contributed by atoms with Gasteiger partial charge in [-0.15, -0.1) is 0 Å². The van der Waals surface area contributed by atoms with Gasteiger partial charge in [0.15, 0.2) is 11.5 Å². The number of halogens is 1. The quantitative estimate of drug-likeness (QED) is 0.624. The zero-order valence-electron chi connectivity index (χ0n) is 11.5. The zero-order valence-corrected chi connectivity index (χ0v) is 13.1. The Kier molecular flexibility index (Phi) is 3.35. The maximum absolute atomic E-state index is 10.8. The van der Waals surface area contributed by atoms with Crippen LogP contribution in [0.4, 0.5) is 0 Å². The Hall–Kier alpha value is -1.32. The Balaban J connectivity index is 2.26. The molecule has 0 saturated heterocycles. The van der Waals surface area contributed by atoms with Gasteiger partial charge in [-0.3, -0.25) is 0 Å². The van der Waals surface area contributed by atoms with Crippen LogP contribution in [0.3, 0.4) is 0 Å². The fraction of sp³-hybridized carbons (Fsp3) is 0.533. The summed E-state index contributed by atoms with van der Waals surface area (Å²) in [6, 6.07) is 1.93. The summed E-state index contributed by atoms with van der Waals surface area (Å²) < 4.78 is 12.4. The first-order chi connectivity index (χ1) is 9.59. The molecule has 1 aliphatic carbocycles. The maximum atomic E-state index is 10.8. The molecule has 1 fully saturated rings. The highest BCUT2D eigenvalue weighted by Gasteiger charge is 2.49. The van der Waals surface area contributed by atoms with E-state index in [-0.39, 0.29) is 5.92 Å². The van der Waals surface area contributed by atoms with Gasteiger partial charge in [-0.1, -0.05) is 29.8 Å². The van der Waals surface area contributed by atoms with E-state index in [2.05, 4.69) is 34.8 Å². The molecule has 0 aromatic heterocycles. The largest absolute Gasteiger partial charge is 0.486 e. The predicted molar refractivity (Wildman–Crippen MR) is 78.3 cm³/mol. The Morgan fingerprint density at radius 1 is 1.35 bits per heavy atom. The fourth-order valence-electron chi connectivity index (χ4n) is 2.83. The molecule has 5 heteroatoms. The van der Waals surface area contributed by atoms with Crippen molar-refractivity contribution in [2.45, 2.75) is 38.1 Å². The standard InChI is InChI=1S/C15H16BrNO3/c1-9(2)12-13(15(3-4-15)17-8-18)10(16)7-11-14(12)20-6-5-19-11/h7,9H,3-6H2,1-2H3. The molecule has 2 aliphatic rings. The summed E-state index contributed by atoms with van der Waals surface area (Å²) in [4.78, 5) is 14.8. The fourth-order valence-corrected chi connectivity index (χ4v) is 3.62. The van der Waals surface area contributed by atoms with Crippen molar-refractivity contribution in [3.8, 4) is 11.5 Å². The van der Waals surface area contributed by atoms with Crippen molar-refractivity contribution in [2.24, 2.45) is 4.99 Å². The Labute approximate surface area is 126 Å². The summed E-state index contributed by atoms with van der Waals surface area (Å²) in [6.45, 7) is 5.35. The van der Waals surface area contributed by atoms with Gasteiger partial charge >= 0.3 is 0 Å². The average molecular weight is 338 g/mol. The van der Waals surface area contributed by atoms with Gasteiger partial charge in [0.05, 0.1) is 5.54 Å². The number of fused-ring (bicyclic) bond motifs is 1. The molecule has 106 valence electrons. The van der Waals surface area contributed by atoms with Gasteiger partial charge in [-0.25, -0.2) is 4.79 Å². The summed E-state index contributed by atoms with van der Waals surface area (Å²) in [5.41, 5.74) is 1.72.